The van der Waals surface area contributed by atoms with Gasteiger partial charge in [0.2, 0.25) is 5.91 Å². The van der Waals surface area contributed by atoms with Crippen molar-refractivity contribution in [2.75, 3.05) is 10.6 Å². The van der Waals surface area contributed by atoms with Crippen LogP contribution >= 0.6 is 15.9 Å². The first kappa shape index (κ1) is 13.1. The fourth-order valence-corrected chi connectivity index (χ4v) is 2.22. The summed E-state index contributed by atoms with van der Waals surface area (Å²) in [6, 6.07) is 11.5. The number of anilines is 3. The van der Waals surface area contributed by atoms with E-state index in [-0.39, 0.29) is 11.8 Å². The van der Waals surface area contributed by atoms with E-state index in [1.54, 1.807) is 6.20 Å². The molecule has 0 radical (unpaired) electrons. The largest absolute Gasteiger partial charge is 0.339 e. The van der Waals surface area contributed by atoms with Crippen LogP contribution in [0.25, 0.3) is 0 Å². The van der Waals surface area contributed by atoms with Gasteiger partial charge in [-0.1, -0.05) is 12.1 Å². The molecule has 5 heteroatoms. The Morgan fingerprint density at radius 3 is 2.65 bits per heavy atom. The molecule has 1 heterocycles. The van der Waals surface area contributed by atoms with Crippen LogP contribution in [0.5, 0.6) is 0 Å². The van der Waals surface area contributed by atoms with Crippen molar-refractivity contribution in [1.82, 2.24) is 4.98 Å². The number of benzene rings is 1. The van der Waals surface area contributed by atoms with E-state index in [0.29, 0.717) is 0 Å². The number of aromatic nitrogens is 1. The van der Waals surface area contributed by atoms with Gasteiger partial charge in [-0.25, -0.2) is 4.98 Å². The number of para-hydroxylation sites is 1. The smallest absolute Gasteiger partial charge is 0.227 e. The standard InChI is InChI=1S/C15H14BrN3O/c16-12-3-1-2-4-13(12)19-14-8-7-11(9-17-14)18-15(20)10-5-6-10/h1-4,7-10H,5-6H2,(H,17,19)(H,18,20). The van der Waals surface area contributed by atoms with E-state index >= 15 is 0 Å². The molecule has 102 valence electrons. The maximum Gasteiger partial charge on any atom is 0.227 e. The number of rotatable bonds is 4. The number of carbonyl (C=O) groups excluding carboxylic acids is 1. The second-order valence-electron chi connectivity index (χ2n) is 4.80. The van der Waals surface area contributed by atoms with Crippen LogP contribution in [0.1, 0.15) is 12.8 Å². The van der Waals surface area contributed by atoms with E-state index in [1.165, 1.54) is 0 Å². The molecule has 2 N–H and O–H groups in total. The van der Waals surface area contributed by atoms with E-state index in [0.717, 1.165) is 34.5 Å². The van der Waals surface area contributed by atoms with Gasteiger partial charge in [0.15, 0.2) is 0 Å². The summed E-state index contributed by atoms with van der Waals surface area (Å²) >= 11 is 3.48. The van der Waals surface area contributed by atoms with Crippen LogP contribution in [0.4, 0.5) is 17.2 Å². The molecule has 3 rings (SSSR count). The summed E-state index contributed by atoms with van der Waals surface area (Å²) in [4.78, 5) is 15.9. The van der Waals surface area contributed by atoms with E-state index in [9.17, 15) is 4.79 Å². The van der Waals surface area contributed by atoms with Gasteiger partial charge < -0.3 is 10.6 Å². The number of nitrogens with zero attached hydrogens (tertiary/aromatic N) is 1. The monoisotopic (exact) mass is 331 g/mol. The van der Waals surface area contributed by atoms with E-state index < -0.39 is 0 Å². The van der Waals surface area contributed by atoms with Gasteiger partial charge in [0.25, 0.3) is 0 Å². The summed E-state index contributed by atoms with van der Waals surface area (Å²) in [5.74, 6) is 1.03. The van der Waals surface area contributed by atoms with Crippen LogP contribution in [0.3, 0.4) is 0 Å². The summed E-state index contributed by atoms with van der Waals surface area (Å²) in [6.07, 6.45) is 3.67. The Bertz CT molecular complexity index is 623. The van der Waals surface area contributed by atoms with E-state index in [4.69, 9.17) is 0 Å². The van der Waals surface area contributed by atoms with E-state index in [2.05, 4.69) is 31.5 Å². The number of carbonyl (C=O) groups is 1. The van der Waals surface area contributed by atoms with Crippen molar-refractivity contribution in [1.29, 1.82) is 0 Å². The van der Waals surface area contributed by atoms with E-state index in [1.807, 2.05) is 36.4 Å². The summed E-state index contributed by atoms with van der Waals surface area (Å²) in [7, 11) is 0. The van der Waals surface area contributed by atoms with Crippen molar-refractivity contribution in [2.45, 2.75) is 12.8 Å². The summed E-state index contributed by atoms with van der Waals surface area (Å²) in [5, 5.41) is 6.08. The lowest BCUT2D eigenvalue weighted by molar-refractivity contribution is -0.117. The molecule has 0 unspecified atom stereocenters. The van der Waals surface area contributed by atoms with Crippen LogP contribution in [0.15, 0.2) is 47.1 Å². The van der Waals surface area contributed by atoms with Crippen LogP contribution < -0.4 is 10.6 Å². The first-order valence-electron chi connectivity index (χ1n) is 6.51. The fraction of sp³-hybridized carbons (Fsp3) is 0.200. The predicted molar refractivity (Wildman–Crippen MR) is 83.0 cm³/mol. The lowest BCUT2D eigenvalue weighted by atomic mass is 10.3. The third kappa shape index (κ3) is 3.17. The van der Waals surface area contributed by atoms with Crippen molar-refractivity contribution in [3.05, 3.63) is 47.1 Å². The highest BCUT2D eigenvalue weighted by molar-refractivity contribution is 9.10. The minimum absolute atomic E-state index is 0.0957. The molecule has 2 aromatic rings. The van der Waals surface area contributed by atoms with Crippen LogP contribution in [-0.2, 0) is 4.79 Å². The number of pyridine rings is 1. The highest BCUT2D eigenvalue weighted by Crippen LogP contribution is 2.30. The second kappa shape index (κ2) is 5.63. The molecule has 0 aliphatic heterocycles. The molecule has 1 fully saturated rings. The van der Waals surface area contributed by atoms with Crippen molar-refractivity contribution < 1.29 is 4.79 Å². The van der Waals surface area contributed by atoms with Crippen LogP contribution in [0, 0.1) is 5.92 Å². The zero-order chi connectivity index (χ0) is 13.9. The molecule has 1 aliphatic rings. The predicted octanol–water partition coefficient (Wildman–Crippen LogP) is 3.94. The first-order valence-corrected chi connectivity index (χ1v) is 7.30. The van der Waals surface area contributed by atoms with Gasteiger partial charge in [-0.05, 0) is 53.0 Å². The van der Waals surface area contributed by atoms with Crippen molar-refractivity contribution >= 4 is 39.0 Å². The average molecular weight is 332 g/mol. The molecule has 1 saturated carbocycles. The third-order valence-electron chi connectivity index (χ3n) is 3.12. The van der Waals surface area contributed by atoms with Gasteiger partial charge >= 0.3 is 0 Å². The molecule has 1 aliphatic carbocycles. The van der Waals surface area contributed by atoms with Gasteiger partial charge in [0.05, 0.1) is 17.6 Å². The molecule has 0 bridgehead atoms. The SMILES string of the molecule is O=C(Nc1ccc(Nc2ccccc2Br)nc1)C1CC1. The maximum absolute atomic E-state index is 11.6. The normalized spacial score (nSPS) is 13.8. The van der Waals surface area contributed by atoms with Gasteiger partial charge in [-0.15, -0.1) is 0 Å². The van der Waals surface area contributed by atoms with Crippen molar-refractivity contribution in [3.8, 4) is 0 Å². The summed E-state index contributed by atoms with van der Waals surface area (Å²) < 4.78 is 0.980. The highest BCUT2D eigenvalue weighted by Gasteiger charge is 2.29. The first-order chi connectivity index (χ1) is 9.72. The number of amides is 1. The second-order valence-corrected chi connectivity index (χ2v) is 5.65. The zero-order valence-corrected chi connectivity index (χ0v) is 12.4. The molecular formula is C15H14BrN3O. The topological polar surface area (TPSA) is 54.0 Å². The van der Waals surface area contributed by atoms with Crippen LogP contribution in [-0.4, -0.2) is 10.9 Å². The van der Waals surface area contributed by atoms with Gasteiger partial charge in [0, 0.05) is 10.4 Å². The molecule has 20 heavy (non-hydrogen) atoms. The van der Waals surface area contributed by atoms with Crippen molar-refractivity contribution in [2.24, 2.45) is 5.92 Å². The Morgan fingerprint density at radius 2 is 2.00 bits per heavy atom. The Kier molecular flexibility index (Phi) is 3.69. The third-order valence-corrected chi connectivity index (χ3v) is 3.81. The zero-order valence-electron chi connectivity index (χ0n) is 10.8. The molecule has 1 aromatic carbocycles. The number of halogens is 1. The minimum atomic E-state index is 0.0957. The van der Waals surface area contributed by atoms with Crippen LogP contribution in [0.2, 0.25) is 0 Å². The summed E-state index contributed by atoms with van der Waals surface area (Å²) in [5.41, 5.74) is 1.69. The fourth-order valence-electron chi connectivity index (χ4n) is 1.83. The Balaban J connectivity index is 1.66. The highest BCUT2D eigenvalue weighted by atomic mass is 79.9. The molecular weight excluding hydrogens is 318 g/mol. The molecule has 0 atom stereocenters. The van der Waals surface area contributed by atoms with Gasteiger partial charge in [-0.3, -0.25) is 4.79 Å². The molecule has 0 spiro atoms. The average Bonchev–Trinajstić information content (AvgIpc) is 3.28. The molecule has 1 amide bonds. The van der Waals surface area contributed by atoms with Gasteiger partial charge in [0.1, 0.15) is 5.82 Å². The molecule has 1 aromatic heterocycles. The Labute approximate surface area is 125 Å². The van der Waals surface area contributed by atoms with Crippen molar-refractivity contribution in [3.63, 3.8) is 0 Å². The Morgan fingerprint density at radius 1 is 1.20 bits per heavy atom. The molecule has 0 saturated heterocycles. The quantitative estimate of drug-likeness (QED) is 0.892. The number of nitrogens with one attached hydrogen (secondary N) is 2. The lowest BCUT2D eigenvalue weighted by Crippen LogP contribution is -2.13. The summed E-state index contributed by atoms with van der Waals surface area (Å²) in [6.45, 7) is 0. The number of hydrogen-bond donors (Lipinski definition) is 2. The van der Waals surface area contributed by atoms with Gasteiger partial charge in [-0.2, -0.15) is 0 Å². The minimum Gasteiger partial charge on any atom is -0.339 e. The lowest BCUT2D eigenvalue weighted by Gasteiger charge is -2.08. The Hall–Kier alpha value is -1.88. The maximum atomic E-state index is 11.6. The molecule has 4 nitrogen and oxygen atoms in total. The number of hydrogen-bond acceptors (Lipinski definition) is 3.